The molecule has 1 atom stereocenters. The maximum absolute atomic E-state index is 5.55. The van der Waals surface area contributed by atoms with E-state index in [-0.39, 0.29) is 0 Å². The lowest BCUT2D eigenvalue weighted by molar-refractivity contribution is -0.0429. The van der Waals surface area contributed by atoms with Crippen molar-refractivity contribution >= 4 is 0 Å². The average Bonchev–Trinajstić information content (AvgIpc) is 2.00. The first-order valence-corrected chi connectivity index (χ1v) is 5.06. The quantitative estimate of drug-likeness (QED) is 0.573. The van der Waals surface area contributed by atoms with Crippen LogP contribution in [0.2, 0.25) is 0 Å². The van der Waals surface area contributed by atoms with E-state index in [0.29, 0.717) is 12.2 Å². The van der Waals surface area contributed by atoms with E-state index >= 15 is 0 Å². The van der Waals surface area contributed by atoms with Gasteiger partial charge in [-0.25, -0.2) is 0 Å². The lowest BCUT2D eigenvalue weighted by Crippen LogP contribution is -2.24. The first kappa shape index (κ1) is 10.0. The molecule has 0 N–H and O–H groups in total. The molecule has 1 rings (SSSR count). The molecule has 12 heavy (non-hydrogen) atoms. The summed E-state index contributed by atoms with van der Waals surface area (Å²) in [6.45, 7) is 5.77. The minimum absolute atomic E-state index is 0.384. The highest BCUT2D eigenvalue weighted by Gasteiger charge is 2.17. The van der Waals surface area contributed by atoms with Crippen LogP contribution in [0, 0.1) is 0 Å². The third-order valence-corrected chi connectivity index (χ3v) is 2.47. The molecule has 0 radical (unpaired) electrons. The molecule has 0 aromatic rings. The van der Waals surface area contributed by atoms with Crippen molar-refractivity contribution in [1.82, 2.24) is 0 Å². The van der Waals surface area contributed by atoms with Crippen molar-refractivity contribution in [3.05, 3.63) is 0 Å². The van der Waals surface area contributed by atoms with E-state index in [9.17, 15) is 0 Å². The number of hydrogen-bond acceptors (Lipinski definition) is 2. The summed E-state index contributed by atoms with van der Waals surface area (Å²) < 4.78 is 11.0. The third-order valence-electron chi connectivity index (χ3n) is 2.47. The van der Waals surface area contributed by atoms with Gasteiger partial charge < -0.3 is 9.47 Å². The van der Waals surface area contributed by atoms with Gasteiger partial charge in [0, 0.05) is 0 Å². The van der Waals surface area contributed by atoms with Gasteiger partial charge in [-0.3, -0.25) is 0 Å². The minimum Gasteiger partial charge on any atom is -0.376 e. The fourth-order valence-electron chi connectivity index (χ4n) is 1.12. The van der Waals surface area contributed by atoms with Gasteiger partial charge >= 0.3 is 0 Å². The highest BCUT2D eigenvalue weighted by atomic mass is 16.5. The highest BCUT2D eigenvalue weighted by Crippen LogP contribution is 2.21. The molecule has 0 heterocycles. The molecule has 0 saturated heterocycles. The molecule has 1 aliphatic carbocycles. The Bertz CT molecular complexity index is 104. The smallest absolute Gasteiger partial charge is 0.0704 e. The summed E-state index contributed by atoms with van der Waals surface area (Å²) in [4.78, 5) is 0. The Kier molecular flexibility index (Phi) is 4.62. The molecule has 0 spiro atoms. The fourth-order valence-corrected chi connectivity index (χ4v) is 1.12. The van der Waals surface area contributed by atoms with Gasteiger partial charge in [-0.2, -0.15) is 0 Å². The van der Waals surface area contributed by atoms with Gasteiger partial charge in [0.05, 0.1) is 25.4 Å². The zero-order valence-electron chi connectivity index (χ0n) is 8.21. The molecule has 72 valence electrons. The van der Waals surface area contributed by atoms with Crippen LogP contribution in [-0.2, 0) is 9.47 Å². The van der Waals surface area contributed by atoms with Gasteiger partial charge in [0.25, 0.3) is 0 Å². The number of rotatable bonds is 6. The second-order valence-corrected chi connectivity index (χ2v) is 3.51. The zero-order chi connectivity index (χ0) is 8.81. The van der Waals surface area contributed by atoms with Crippen LogP contribution >= 0.6 is 0 Å². The van der Waals surface area contributed by atoms with Gasteiger partial charge in [0.2, 0.25) is 0 Å². The normalized spacial score (nSPS) is 20.5. The van der Waals surface area contributed by atoms with Gasteiger partial charge in [-0.05, 0) is 32.6 Å². The van der Waals surface area contributed by atoms with E-state index in [1.807, 2.05) is 0 Å². The van der Waals surface area contributed by atoms with Crippen molar-refractivity contribution in [2.75, 3.05) is 13.2 Å². The fraction of sp³-hybridized carbons (Fsp3) is 1.00. The monoisotopic (exact) mass is 172 g/mol. The van der Waals surface area contributed by atoms with Gasteiger partial charge in [-0.15, -0.1) is 0 Å². The Morgan fingerprint density at radius 1 is 1.33 bits per heavy atom. The van der Waals surface area contributed by atoms with Crippen molar-refractivity contribution < 1.29 is 9.47 Å². The Balaban J connectivity index is 1.82. The second-order valence-electron chi connectivity index (χ2n) is 3.51. The van der Waals surface area contributed by atoms with E-state index in [1.165, 1.54) is 19.3 Å². The SMILES string of the molecule is CCC(C)OCCOC1CCC1. The van der Waals surface area contributed by atoms with Crippen molar-refractivity contribution in [1.29, 1.82) is 0 Å². The van der Waals surface area contributed by atoms with Crippen LogP contribution in [0.15, 0.2) is 0 Å². The molecule has 0 aliphatic heterocycles. The molecular formula is C10H20O2. The van der Waals surface area contributed by atoms with Crippen LogP contribution in [0.1, 0.15) is 39.5 Å². The van der Waals surface area contributed by atoms with Crippen molar-refractivity contribution in [2.45, 2.75) is 51.7 Å². The minimum atomic E-state index is 0.384. The van der Waals surface area contributed by atoms with Crippen LogP contribution < -0.4 is 0 Å². The van der Waals surface area contributed by atoms with Crippen LogP contribution in [0.3, 0.4) is 0 Å². The lowest BCUT2D eigenvalue weighted by Gasteiger charge is -2.25. The summed E-state index contributed by atoms with van der Waals surface area (Å²) in [5.41, 5.74) is 0. The second kappa shape index (κ2) is 5.55. The van der Waals surface area contributed by atoms with E-state index in [0.717, 1.165) is 19.6 Å². The van der Waals surface area contributed by atoms with Crippen LogP contribution in [0.4, 0.5) is 0 Å². The largest absolute Gasteiger partial charge is 0.376 e. The van der Waals surface area contributed by atoms with Gasteiger partial charge in [0.1, 0.15) is 0 Å². The summed E-state index contributed by atoms with van der Waals surface area (Å²) in [5, 5.41) is 0. The summed E-state index contributed by atoms with van der Waals surface area (Å²) in [6, 6.07) is 0. The molecule has 1 saturated carbocycles. The molecule has 1 aliphatic rings. The highest BCUT2D eigenvalue weighted by molar-refractivity contribution is 4.68. The average molecular weight is 172 g/mol. The molecule has 1 unspecified atom stereocenters. The third kappa shape index (κ3) is 3.55. The zero-order valence-corrected chi connectivity index (χ0v) is 8.21. The summed E-state index contributed by atoms with van der Waals surface area (Å²) in [5.74, 6) is 0. The number of ether oxygens (including phenoxy) is 2. The molecule has 0 amide bonds. The van der Waals surface area contributed by atoms with E-state index < -0.39 is 0 Å². The summed E-state index contributed by atoms with van der Waals surface area (Å²) >= 11 is 0. The van der Waals surface area contributed by atoms with E-state index in [2.05, 4.69) is 13.8 Å². The maximum atomic E-state index is 5.55. The van der Waals surface area contributed by atoms with Gasteiger partial charge in [0.15, 0.2) is 0 Å². The maximum Gasteiger partial charge on any atom is 0.0704 e. The Morgan fingerprint density at radius 3 is 2.58 bits per heavy atom. The molecule has 2 nitrogen and oxygen atoms in total. The Morgan fingerprint density at radius 2 is 2.08 bits per heavy atom. The number of hydrogen-bond donors (Lipinski definition) is 0. The lowest BCUT2D eigenvalue weighted by atomic mass is 9.96. The first-order valence-electron chi connectivity index (χ1n) is 5.06. The van der Waals surface area contributed by atoms with Gasteiger partial charge in [-0.1, -0.05) is 6.92 Å². The van der Waals surface area contributed by atoms with E-state index in [1.54, 1.807) is 0 Å². The Hall–Kier alpha value is -0.0800. The predicted molar refractivity (Wildman–Crippen MR) is 49.3 cm³/mol. The summed E-state index contributed by atoms with van der Waals surface area (Å²) in [7, 11) is 0. The molecule has 2 heteroatoms. The van der Waals surface area contributed by atoms with Crippen molar-refractivity contribution in [3.8, 4) is 0 Å². The van der Waals surface area contributed by atoms with Crippen molar-refractivity contribution in [2.24, 2.45) is 0 Å². The first-order chi connectivity index (χ1) is 5.83. The predicted octanol–water partition coefficient (Wildman–Crippen LogP) is 2.37. The molecule has 0 aromatic carbocycles. The summed E-state index contributed by atoms with van der Waals surface area (Å²) in [6.07, 6.45) is 5.87. The van der Waals surface area contributed by atoms with Crippen LogP contribution in [0.5, 0.6) is 0 Å². The molecular weight excluding hydrogens is 152 g/mol. The topological polar surface area (TPSA) is 18.5 Å². The molecule has 0 bridgehead atoms. The van der Waals surface area contributed by atoms with Crippen LogP contribution in [0.25, 0.3) is 0 Å². The Labute approximate surface area is 75.2 Å². The van der Waals surface area contributed by atoms with Crippen LogP contribution in [-0.4, -0.2) is 25.4 Å². The standard InChI is InChI=1S/C10H20O2/c1-3-9(2)11-7-8-12-10-5-4-6-10/h9-10H,3-8H2,1-2H3. The van der Waals surface area contributed by atoms with Crippen molar-refractivity contribution in [3.63, 3.8) is 0 Å². The van der Waals surface area contributed by atoms with E-state index in [4.69, 9.17) is 9.47 Å². The molecule has 1 fully saturated rings. The molecule has 0 aromatic heterocycles.